The third kappa shape index (κ3) is 3.06. The van der Waals surface area contributed by atoms with E-state index in [2.05, 4.69) is 15.8 Å². The average molecular weight is 303 g/mol. The van der Waals surface area contributed by atoms with Crippen molar-refractivity contribution in [3.63, 3.8) is 0 Å². The topological polar surface area (TPSA) is 62.3 Å². The molecule has 0 atom stereocenters. The van der Waals surface area contributed by atoms with Gasteiger partial charge in [0.25, 0.3) is 0 Å². The normalized spacial score (nSPS) is 15.5. The van der Waals surface area contributed by atoms with Gasteiger partial charge in [-0.3, -0.25) is 4.72 Å². The summed E-state index contributed by atoms with van der Waals surface area (Å²) in [6.45, 7) is 2.71. The van der Waals surface area contributed by atoms with Crippen LogP contribution in [0.5, 0.6) is 0 Å². The van der Waals surface area contributed by atoms with E-state index in [1.807, 2.05) is 31.2 Å². The Labute approximate surface area is 124 Å². The monoisotopic (exact) mass is 303 g/mol. The van der Waals surface area contributed by atoms with E-state index in [0.717, 1.165) is 17.7 Å². The number of hydrogen-bond acceptors (Lipinski definition) is 3. The Balaban J connectivity index is 1.80. The Morgan fingerprint density at radius 3 is 2.62 bits per heavy atom. The van der Waals surface area contributed by atoms with Crippen molar-refractivity contribution in [1.82, 2.24) is 9.29 Å². The molecule has 0 saturated carbocycles. The maximum absolute atomic E-state index is 12.5. The highest BCUT2D eigenvalue weighted by atomic mass is 32.2. The Kier molecular flexibility index (Phi) is 3.65. The molecule has 0 spiro atoms. The van der Waals surface area contributed by atoms with Crippen LogP contribution in [0, 0.1) is 6.92 Å². The summed E-state index contributed by atoms with van der Waals surface area (Å²) in [7, 11) is -3.58. The molecule has 1 aliphatic heterocycles. The summed E-state index contributed by atoms with van der Waals surface area (Å²) in [6, 6.07) is 13.2. The zero-order valence-corrected chi connectivity index (χ0v) is 12.6. The van der Waals surface area contributed by atoms with Gasteiger partial charge in [0.15, 0.2) is 0 Å². The first-order valence-corrected chi connectivity index (χ1v) is 8.27. The van der Waals surface area contributed by atoms with Crippen LogP contribution < -0.4 is 4.72 Å². The van der Waals surface area contributed by atoms with E-state index in [4.69, 9.17) is 0 Å². The third-order valence-corrected chi connectivity index (χ3v) is 5.02. The first-order valence-electron chi connectivity index (χ1n) is 6.83. The maximum atomic E-state index is 12.5. The molecule has 1 aliphatic rings. The van der Waals surface area contributed by atoms with Crippen LogP contribution in [-0.2, 0) is 23.2 Å². The maximum Gasteiger partial charge on any atom is 0.303 e. The second-order valence-corrected chi connectivity index (χ2v) is 6.79. The molecular formula is C15H17N3O2S. The van der Waals surface area contributed by atoms with E-state index < -0.39 is 10.2 Å². The van der Waals surface area contributed by atoms with Crippen LogP contribution in [0.2, 0.25) is 0 Å². The van der Waals surface area contributed by atoms with Crippen molar-refractivity contribution in [2.24, 2.45) is 0 Å². The number of hydrogen-bond donors (Lipinski definition) is 1. The number of anilines is 1. The molecule has 6 heteroatoms. The molecule has 3 rings (SSSR count). The lowest BCUT2D eigenvalue weighted by atomic mass is 10.0. The lowest BCUT2D eigenvalue weighted by Crippen LogP contribution is -2.39. The summed E-state index contributed by atoms with van der Waals surface area (Å²) in [6.07, 6.45) is 0.734. The standard InChI is InChI=1S/C15H17N3O2S/c1-12-5-4-8-15(16-12)17-21(19,20)18-10-9-13-6-2-3-7-14(13)11-18/h2-8H,9-11H2,1H3,(H,16,17). The largest absolute Gasteiger partial charge is 0.303 e. The fraction of sp³-hybridized carbons (Fsp3) is 0.267. The Hall–Kier alpha value is -1.92. The molecule has 0 unspecified atom stereocenters. The second kappa shape index (κ2) is 5.46. The van der Waals surface area contributed by atoms with Gasteiger partial charge < -0.3 is 0 Å². The molecule has 2 heterocycles. The van der Waals surface area contributed by atoms with Gasteiger partial charge >= 0.3 is 10.2 Å². The summed E-state index contributed by atoms with van der Waals surface area (Å²) in [4.78, 5) is 4.18. The highest BCUT2D eigenvalue weighted by molar-refractivity contribution is 7.90. The molecule has 2 aromatic rings. The molecule has 1 aromatic heterocycles. The number of rotatable bonds is 3. The number of fused-ring (bicyclic) bond motifs is 1. The molecule has 0 fully saturated rings. The van der Waals surface area contributed by atoms with Gasteiger partial charge in [-0.2, -0.15) is 12.7 Å². The van der Waals surface area contributed by atoms with E-state index in [1.54, 1.807) is 12.1 Å². The summed E-state index contributed by atoms with van der Waals surface area (Å²) >= 11 is 0. The van der Waals surface area contributed by atoms with E-state index in [0.29, 0.717) is 18.9 Å². The minimum absolute atomic E-state index is 0.355. The van der Waals surface area contributed by atoms with Crippen LogP contribution in [0.25, 0.3) is 0 Å². The van der Waals surface area contributed by atoms with Gasteiger partial charge in [0.1, 0.15) is 5.82 Å². The van der Waals surface area contributed by atoms with Crippen molar-refractivity contribution >= 4 is 16.0 Å². The van der Waals surface area contributed by atoms with Crippen molar-refractivity contribution in [2.45, 2.75) is 19.9 Å². The van der Waals surface area contributed by atoms with Crippen LogP contribution in [0.15, 0.2) is 42.5 Å². The van der Waals surface area contributed by atoms with Crippen molar-refractivity contribution in [3.8, 4) is 0 Å². The van der Waals surface area contributed by atoms with Gasteiger partial charge in [0.05, 0.1) is 0 Å². The predicted octanol–water partition coefficient (Wildman–Crippen LogP) is 2.11. The molecule has 0 aliphatic carbocycles. The molecule has 110 valence electrons. The summed E-state index contributed by atoms with van der Waals surface area (Å²) in [5, 5.41) is 0. The number of nitrogens with zero attached hydrogens (tertiary/aromatic N) is 2. The van der Waals surface area contributed by atoms with Crippen molar-refractivity contribution in [2.75, 3.05) is 11.3 Å². The van der Waals surface area contributed by atoms with Crippen molar-refractivity contribution in [3.05, 3.63) is 59.3 Å². The van der Waals surface area contributed by atoms with Crippen LogP contribution in [0.1, 0.15) is 16.8 Å². The van der Waals surface area contributed by atoms with Crippen LogP contribution >= 0.6 is 0 Å². The number of pyridine rings is 1. The fourth-order valence-corrected chi connectivity index (χ4v) is 3.62. The van der Waals surface area contributed by atoms with E-state index >= 15 is 0 Å². The fourth-order valence-electron chi connectivity index (χ4n) is 2.47. The number of aromatic nitrogens is 1. The average Bonchev–Trinajstić information content (AvgIpc) is 2.46. The minimum Gasteiger partial charge on any atom is -0.254 e. The van der Waals surface area contributed by atoms with Gasteiger partial charge in [-0.15, -0.1) is 0 Å². The number of aryl methyl sites for hydroxylation is 1. The molecule has 0 saturated heterocycles. The first-order chi connectivity index (χ1) is 10.0. The van der Waals surface area contributed by atoms with Crippen LogP contribution in [0.3, 0.4) is 0 Å². The molecule has 1 N–H and O–H groups in total. The molecule has 0 amide bonds. The molecule has 21 heavy (non-hydrogen) atoms. The number of benzene rings is 1. The smallest absolute Gasteiger partial charge is 0.254 e. The molecule has 0 radical (unpaired) electrons. The first kappa shape index (κ1) is 14.0. The summed E-state index contributed by atoms with van der Waals surface area (Å²) in [5.41, 5.74) is 3.06. The highest BCUT2D eigenvalue weighted by Gasteiger charge is 2.26. The lowest BCUT2D eigenvalue weighted by Gasteiger charge is -2.28. The second-order valence-electron chi connectivity index (χ2n) is 5.12. The van der Waals surface area contributed by atoms with E-state index in [-0.39, 0.29) is 0 Å². The SMILES string of the molecule is Cc1cccc(NS(=O)(=O)N2CCc3ccccc3C2)n1. The Morgan fingerprint density at radius 1 is 1.10 bits per heavy atom. The van der Waals surface area contributed by atoms with Crippen molar-refractivity contribution < 1.29 is 8.42 Å². The van der Waals surface area contributed by atoms with Gasteiger partial charge in [0, 0.05) is 18.8 Å². The van der Waals surface area contributed by atoms with E-state index in [9.17, 15) is 8.42 Å². The Morgan fingerprint density at radius 2 is 1.86 bits per heavy atom. The lowest BCUT2D eigenvalue weighted by molar-refractivity contribution is 0.394. The quantitative estimate of drug-likeness (QED) is 0.944. The van der Waals surface area contributed by atoms with Gasteiger partial charge in [-0.05, 0) is 36.6 Å². The summed E-state index contributed by atoms with van der Waals surface area (Å²) in [5.74, 6) is 0.355. The molecular weight excluding hydrogens is 286 g/mol. The minimum atomic E-state index is -3.58. The summed E-state index contributed by atoms with van der Waals surface area (Å²) < 4.78 is 28.9. The Bertz CT molecular complexity index is 759. The third-order valence-electron chi connectivity index (χ3n) is 3.56. The zero-order chi connectivity index (χ0) is 14.9. The molecule has 5 nitrogen and oxygen atoms in total. The van der Waals surface area contributed by atoms with E-state index in [1.165, 1.54) is 9.87 Å². The molecule has 0 bridgehead atoms. The van der Waals surface area contributed by atoms with Gasteiger partial charge in [0.2, 0.25) is 0 Å². The van der Waals surface area contributed by atoms with Gasteiger partial charge in [-0.1, -0.05) is 30.3 Å². The number of nitrogens with one attached hydrogen (secondary N) is 1. The van der Waals surface area contributed by atoms with Crippen LogP contribution in [-0.4, -0.2) is 24.3 Å². The molecule has 1 aromatic carbocycles. The predicted molar refractivity (Wildman–Crippen MR) is 82.1 cm³/mol. The van der Waals surface area contributed by atoms with Gasteiger partial charge in [-0.25, -0.2) is 4.98 Å². The zero-order valence-electron chi connectivity index (χ0n) is 11.8. The highest BCUT2D eigenvalue weighted by Crippen LogP contribution is 2.21. The van der Waals surface area contributed by atoms with Crippen molar-refractivity contribution in [1.29, 1.82) is 0 Å². The van der Waals surface area contributed by atoms with Crippen LogP contribution in [0.4, 0.5) is 5.82 Å².